The van der Waals surface area contributed by atoms with Crippen molar-refractivity contribution in [2.75, 3.05) is 18.0 Å². The summed E-state index contributed by atoms with van der Waals surface area (Å²) < 4.78 is 70.0. The van der Waals surface area contributed by atoms with E-state index in [0.717, 1.165) is 12.1 Å². The molecule has 200 valence electrons. The second kappa shape index (κ2) is 11.2. The van der Waals surface area contributed by atoms with E-state index in [4.69, 9.17) is 0 Å². The fourth-order valence-electron chi connectivity index (χ4n) is 4.54. The number of carbonyl (C=O) groups excluding carboxylic acids is 1. The number of alkyl halides is 4. The van der Waals surface area contributed by atoms with Crippen molar-refractivity contribution in [2.24, 2.45) is 0 Å². The smallest absolute Gasteiger partial charge is 0.295 e. The number of hydrogen-bond donors (Lipinski definition) is 0. The highest BCUT2D eigenvalue weighted by molar-refractivity contribution is 5.85. The molecule has 0 bridgehead atoms. The van der Waals surface area contributed by atoms with Crippen LogP contribution in [0.5, 0.6) is 0 Å². The minimum absolute atomic E-state index is 0.0305. The summed E-state index contributed by atoms with van der Waals surface area (Å²) in [5.41, 5.74) is -0.189. The maximum atomic E-state index is 16.2. The molecular formula is C27H24F5N3O3. The summed E-state index contributed by atoms with van der Waals surface area (Å²) in [4.78, 5) is 26.2. The van der Waals surface area contributed by atoms with Crippen molar-refractivity contribution in [3.05, 3.63) is 105 Å². The van der Waals surface area contributed by atoms with E-state index in [1.165, 1.54) is 4.90 Å². The average Bonchev–Trinajstić information content (AvgIpc) is 2.86. The summed E-state index contributed by atoms with van der Waals surface area (Å²) in [6.07, 6.45) is -4.17. The van der Waals surface area contributed by atoms with Gasteiger partial charge < -0.3 is 9.80 Å². The number of nitro groups is 1. The van der Waals surface area contributed by atoms with E-state index in [9.17, 15) is 32.5 Å². The van der Waals surface area contributed by atoms with Crippen molar-refractivity contribution < 1.29 is 31.7 Å². The summed E-state index contributed by atoms with van der Waals surface area (Å²) in [7, 11) is 0. The van der Waals surface area contributed by atoms with Crippen LogP contribution in [0.2, 0.25) is 0 Å². The van der Waals surface area contributed by atoms with Crippen molar-refractivity contribution in [3.8, 4) is 0 Å². The summed E-state index contributed by atoms with van der Waals surface area (Å²) in [6, 6.07) is 19.4. The number of carbonyl (C=O) groups is 1. The first-order chi connectivity index (χ1) is 18.1. The van der Waals surface area contributed by atoms with E-state index in [1.54, 1.807) is 60.7 Å². The molecule has 1 aliphatic rings. The van der Waals surface area contributed by atoms with E-state index in [2.05, 4.69) is 0 Å². The lowest BCUT2D eigenvalue weighted by molar-refractivity contribution is -0.384. The third-order valence-electron chi connectivity index (χ3n) is 6.31. The van der Waals surface area contributed by atoms with E-state index in [0.29, 0.717) is 16.0 Å². The Kier molecular flexibility index (Phi) is 7.94. The standard InChI is InChI=1S/C27H24F5N3O3/c28-23(29)13-21(26(36)34-16-27(31,32)17-34)20-11-12-22(35(37)38)25(24(20)30)33(14-18-7-3-1-4-8-18)15-19-9-5-2-6-10-19/h1-12,21,23H,13-17H2. The molecular weight excluding hydrogens is 509 g/mol. The molecule has 1 fully saturated rings. The SMILES string of the molecule is O=C(C(CC(F)F)c1ccc([N+](=O)[O-])c(N(Cc2ccccc2)Cc2ccccc2)c1F)N1CC(F)(F)C1. The molecule has 0 spiro atoms. The van der Waals surface area contributed by atoms with Gasteiger partial charge >= 0.3 is 0 Å². The zero-order valence-electron chi connectivity index (χ0n) is 20.1. The van der Waals surface area contributed by atoms with Crippen LogP contribution < -0.4 is 4.90 Å². The molecule has 1 unspecified atom stereocenters. The van der Waals surface area contributed by atoms with Gasteiger partial charge in [0.1, 0.15) is 0 Å². The van der Waals surface area contributed by atoms with E-state index < -0.39 is 71.4 Å². The second-order valence-electron chi connectivity index (χ2n) is 9.15. The highest BCUT2D eigenvalue weighted by Crippen LogP contribution is 2.40. The summed E-state index contributed by atoms with van der Waals surface area (Å²) >= 11 is 0. The molecule has 0 aromatic heterocycles. The van der Waals surface area contributed by atoms with Crippen LogP contribution in [-0.4, -0.2) is 41.2 Å². The van der Waals surface area contributed by atoms with Crippen LogP contribution >= 0.6 is 0 Å². The maximum absolute atomic E-state index is 16.2. The fourth-order valence-corrected chi connectivity index (χ4v) is 4.54. The van der Waals surface area contributed by atoms with Crippen LogP contribution in [0, 0.1) is 15.9 Å². The van der Waals surface area contributed by atoms with Gasteiger partial charge in [0, 0.05) is 31.1 Å². The number of amides is 1. The molecule has 38 heavy (non-hydrogen) atoms. The Balaban J connectivity index is 1.81. The van der Waals surface area contributed by atoms with Crippen molar-refractivity contribution in [1.29, 1.82) is 0 Å². The van der Waals surface area contributed by atoms with Gasteiger partial charge in [-0.05, 0) is 17.2 Å². The highest BCUT2D eigenvalue weighted by atomic mass is 19.3. The lowest BCUT2D eigenvalue weighted by atomic mass is 9.91. The highest BCUT2D eigenvalue weighted by Gasteiger charge is 2.48. The third-order valence-corrected chi connectivity index (χ3v) is 6.31. The topological polar surface area (TPSA) is 66.7 Å². The Labute approximate surface area is 215 Å². The van der Waals surface area contributed by atoms with Crippen LogP contribution in [-0.2, 0) is 17.9 Å². The third kappa shape index (κ3) is 6.09. The number of rotatable bonds is 10. The number of benzene rings is 3. The van der Waals surface area contributed by atoms with Gasteiger partial charge in [-0.2, -0.15) is 0 Å². The number of hydrogen-bond acceptors (Lipinski definition) is 4. The minimum atomic E-state index is -3.15. The van der Waals surface area contributed by atoms with Crippen molar-refractivity contribution in [1.82, 2.24) is 4.90 Å². The predicted molar refractivity (Wildman–Crippen MR) is 131 cm³/mol. The molecule has 0 saturated carbocycles. The van der Waals surface area contributed by atoms with Gasteiger partial charge in [-0.3, -0.25) is 14.9 Å². The summed E-state index contributed by atoms with van der Waals surface area (Å²) in [6.45, 7) is -1.85. The molecule has 11 heteroatoms. The lowest BCUT2D eigenvalue weighted by Gasteiger charge is -2.40. The number of anilines is 1. The molecule has 1 heterocycles. The molecule has 1 atom stereocenters. The Bertz CT molecular complexity index is 1240. The second-order valence-corrected chi connectivity index (χ2v) is 9.15. The fraction of sp³-hybridized carbons (Fsp3) is 0.296. The molecule has 0 radical (unpaired) electrons. The molecule has 3 aromatic rings. The van der Waals surface area contributed by atoms with Gasteiger partial charge in [-0.25, -0.2) is 22.0 Å². The van der Waals surface area contributed by atoms with E-state index >= 15 is 4.39 Å². The van der Waals surface area contributed by atoms with Gasteiger partial charge in [0.25, 0.3) is 11.6 Å². The first-order valence-corrected chi connectivity index (χ1v) is 11.8. The molecule has 3 aromatic carbocycles. The molecule has 0 N–H and O–H groups in total. The average molecular weight is 533 g/mol. The first kappa shape index (κ1) is 27.0. The zero-order chi connectivity index (χ0) is 27.4. The minimum Gasteiger partial charge on any atom is -0.355 e. The van der Waals surface area contributed by atoms with Gasteiger partial charge in [-0.15, -0.1) is 0 Å². The molecule has 4 rings (SSSR count). The molecule has 1 aliphatic heterocycles. The Hall–Kier alpha value is -4.02. The van der Waals surface area contributed by atoms with Crippen LogP contribution in [0.15, 0.2) is 72.8 Å². The normalized spacial score (nSPS) is 15.2. The van der Waals surface area contributed by atoms with Crippen LogP contribution in [0.25, 0.3) is 0 Å². The zero-order valence-corrected chi connectivity index (χ0v) is 20.1. The largest absolute Gasteiger partial charge is 0.355 e. The van der Waals surface area contributed by atoms with Crippen LogP contribution in [0.1, 0.15) is 29.0 Å². The van der Waals surface area contributed by atoms with Crippen molar-refractivity contribution in [2.45, 2.75) is 37.8 Å². The monoisotopic (exact) mass is 533 g/mol. The molecule has 6 nitrogen and oxygen atoms in total. The summed E-state index contributed by atoms with van der Waals surface area (Å²) in [5, 5.41) is 11.9. The number of nitro benzene ring substituents is 1. The maximum Gasteiger partial charge on any atom is 0.295 e. The number of nitrogens with zero attached hydrogens (tertiary/aromatic N) is 3. The molecule has 1 saturated heterocycles. The van der Waals surface area contributed by atoms with Gasteiger partial charge in [0.05, 0.1) is 23.9 Å². The Morgan fingerprint density at radius 2 is 1.47 bits per heavy atom. The van der Waals surface area contributed by atoms with Gasteiger partial charge in [-0.1, -0.05) is 60.7 Å². The van der Waals surface area contributed by atoms with E-state index in [1.807, 2.05) is 0 Å². The Morgan fingerprint density at radius 3 is 1.92 bits per heavy atom. The van der Waals surface area contributed by atoms with Crippen molar-refractivity contribution in [3.63, 3.8) is 0 Å². The van der Waals surface area contributed by atoms with Crippen LogP contribution in [0.3, 0.4) is 0 Å². The van der Waals surface area contributed by atoms with Gasteiger partial charge in [0.2, 0.25) is 12.3 Å². The number of halogens is 5. The van der Waals surface area contributed by atoms with E-state index in [-0.39, 0.29) is 13.1 Å². The lowest BCUT2D eigenvalue weighted by Crippen LogP contribution is -2.59. The quantitative estimate of drug-likeness (QED) is 0.178. The molecule has 1 amide bonds. The predicted octanol–water partition coefficient (Wildman–Crippen LogP) is 6.16. The Morgan fingerprint density at radius 1 is 0.947 bits per heavy atom. The summed E-state index contributed by atoms with van der Waals surface area (Å²) in [5.74, 6) is -7.22. The first-order valence-electron chi connectivity index (χ1n) is 11.8. The van der Waals surface area contributed by atoms with Crippen LogP contribution in [0.4, 0.5) is 33.3 Å². The van der Waals surface area contributed by atoms with Crippen molar-refractivity contribution >= 4 is 17.3 Å². The molecule has 0 aliphatic carbocycles. The van der Waals surface area contributed by atoms with Gasteiger partial charge in [0.15, 0.2) is 11.5 Å². The number of likely N-dealkylation sites (tertiary alicyclic amines) is 1.